The third-order valence-corrected chi connectivity index (χ3v) is 4.87. The van der Waals surface area contributed by atoms with Crippen LogP contribution in [0.15, 0.2) is 42.5 Å². The number of ketones is 1. The van der Waals surface area contributed by atoms with Gasteiger partial charge in [-0.2, -0.15) is 0 Å². The fourth-order valence-electron chi connectivity index (χ4n) is 3.15. The Morgan fingerprint density at radius 1 is 1.08 bits per heavy atom. The molecule has 26 heavy (non-hydrogen) atoms. The highest BCUT2D eigenvalue weighted by molar-refractivity contribution is 5.99. The second-order valence-corrected chi connectivity index (χ2v) is 7.09. The Hall–Kier alpha value is -2.49. The van der Waals surface area contributed by atoms with Gasteiger partial charge in [0.05, 0.1) is 0 Å². The van der Waals surface area contributed by atoms with Gasteiger partial charge in [-0.05, 0) is 44.4 Å². The van der Waals surface area contributed by atoms with Gasteiger partial charge in [0.2, 0.25) is 5.91 Å². The van der Waals surface area contributed by atoms with Crippen molar-refractivity contribution in [3.05, 3.63) is 70.5 Å². The lowest BCUT2D eigenvalue weighted by molar-refractivity contribution is -0.132. The maximum atomic E-state index is 13.9. The molecular formula is C22H24FNO2. The normalized spacial score (nSPS) is 13.5. The molecule has 0 saturated heterocycles. The van der Waals surface area contributed by atoms with Crippen LogP contribution in [0, 0.1) is 19.7 Å². The van der Waals surface area contributed by atoms with E-state index in [9.17, 15) is 14.0 Å². The maximum Gasteiger partial charge on any atom is 0.223 e. The number of hydrogen-bond donors (Lipinski definition) is 0. The van der Waals surface area contributed by atoms with E-state index in [4.69, 9.17) is 0 Å². The van der Waals surface area contributed by atoms with E-state index in [1.54, 1.807) is 23.1 Å². The zero-order chi connectivity index (χ0) is 18.7. The summed E-state index contributed by atoms with van der Waals surface area (Å²) in [6.07, 6.45) is 2.25. The first-order valence-corrected chi connectivity index (χ1v) is 9.09. The summed E-state index contributed by atoms with van der Waals surface area (Å²) in [5, 5.41) is 0. The highest BCUT2D eigenvalue weighted by Crippen LogP contribution is 2.29. The van der Waals surface area contributed by atoms with Crippen LogP contribution in [-0.2, 0) is 11.3 Å². The number of amides is 1. The summed E-state index contributed by atoms with van der Waals surface area (Å²) in [4.78, 5) is 26.9. The first-order valence-electron chi connectivity index (χ1n) is 9.09. The van der Waals surface area contributed by atoms with Crippen molar-refractivity contribution in [2.45, 2.75) is 52.1 Å². The van der Waals surface area contributed by atoms with Crippen LogP contribution in [0.4, 0.5) is 4.39 Å². The summed E-state index contributed by atoms with van der Waals surface area (Å²) in [7, 11) is 0. The molecule has 0 atom stereocenters. The van der Waals surface area contributed by atoms with Crippen LogP contribution in [0.3, 0.4) is 0 Å². The smallest absolute Gasteiger partial charge is 0.223 e. The fraction of sp³-hybridized carbons (Fsp3) is 0.364. The molecule has 1 amide bonds. The molecule has 2 aromatic rings. The number of aryl methyl sites for hydroxylation is 2. The van der Waals surface area contributed by atoms with E-state index in [0.29, 0.717) is 11.1 Å². The van der Waals surface area contributed by atoms with Crippen molar-refractivity contribution in [3.8, 4) is 0 Å². The average Bonchev–Trinajstić information content (AvgIpc) is 3.45. The van der Waals surface area contributed by atoms with Crippen molar-refractivity contribution < 1.29 is 14.0 Å². The van der Waals surface area contributed by atoms with Gasteiger partial charge in [0.15, 0.2) is 5.78 Å². The topological polar surface area (TPSA) is 37.4 Å². The molecule has 3 rings (SSSR count). The standard InChI is InChI=1S/C22H24FNO2/c1-15-7-8-16(2)19(13-15)21(25)11-12-22(26)24(18-9-10-18)14-17-5-3-4-6-20(17)23/h3-8,13,18H,9-12,14H2,1-2H3. The van der Waals surface area contributed by atoms with Gasteiger partial charge in [-0.3, -0.25) is 9.59 Å². The molecule has 1 saturated carbocycles. The van der Waals surface area contributed by atoms with Crippen molar-refractivity contribution in [1.82, 2.24) is 4.90 Å². The zero-order valence-corrected chi connectivity index (χ0v) is 15.3. The number of carbonyl (C=O) groups excluding carboxylic acids is 2. The molecule has 3 nitrogen and oxygen atoms in total. The van der Waals surface area contributed by atoms with Crippen LogP contribution in [0.25, 0.3) is 0 Å². The lowest BCUT2D eigenvalue weighted by Crippen LogP contribution is -2.33. The van der Waals surface area contributed by atoms with Gasteiger partial charge in [0.1, 0.15) is 5.82 Å². The van der Waals surface area contributed by atoms with E-state index in [2.05, 4.69) is 0 Å². The molecule has 2 aromatic carbocycles. The monoisotopic (exact) mass is 353 g/mol. The van der Waals surface area contributed by atoms with E-state index in [1.165, 1.54) is 6.07 Å². The molecule has 1 aliphatic rings. The predicted octanol–water partition coefficient (Wildman–Crippen LogP) is 4.60. The van der Waals surface area contributed by atoms with Crippen molar-refractivity contribution >= 4 is 11.7 Å². The van der Waals surface area contributed by atoms with Crippen molar-refractivity contribution in [2.24, 2.45) is 0 Å². The Bertz CT molecular complexity index is 827. The first kappa shape index (κ1) is 18.3. The highest BCUT2D eigenvalue weighted by atomic mass is 19.1. The van der Waals surface area contributed by atoms with Crippen LogP contribution in [0.2, 0.25) is 0 Å². The number of halogens is 1. The fourth-order valence-corrected chi connectivity index (χ4v) is 3.15. The number of hydrogen-bond acceptors (Lipinski definition) is 2. The minimum absolute atomic E-state index is 0.0128. The minimum atomic E-state index is -0.294. The van der Waals surface area contributed by atoms with E-state index >= 15 is 0 Å². The van der Waals surface area contributed by atoms with Crippen LogP contribution >= 0.6 is 0 Å². The largest absolute Gasteiger partial charge is 0.335 e. The Morgan fingerprint density at radius 3 is 2.50 bits per heavy atom. The SMILES string of the molecule is Cc1ccc(C)c(C(=O)CCC(=O)N(Cc2ccccc2F)C2CC2)c1. The molecular weight excluding hydrogens is 329 g/mol. The van der Waals surface area contributed by atoms with Crippen molar-refractivity contribution in [1.29, 1.82) is 0 Å². The Kier molecular flexibility index (Phi) is 5.50. The number of benzene rings is 2. The highest BCUT2D eigenvalue weighted by Gasteiger charge is 2.33. The summed E-state index contributed by atoms with van der Waals surface area (Å²) >= 11 is 0. The minimum Gasteiger partial charge on any atom is -0.335 e. The Balaban J connectivity index is 1.64. The molecule has 0 N–H and O–H groups in total. The summed E-state index contributed by atoms with van der Waals surface area (Å²) < 4.78 is 13.9. The van der Waals surface area contributed by atoms with Gasteiger partial charge in [-0.1, -0.05) is 35.9 Å². The molecule has 4 heteroatoms. The predicted molar refractivity (Wildman–Crippen MR) is 99.5 cm³/mol. The number of carbonyl (C=O) groups is 2. The Labute approximate surface area is 153 Å². The van der Waals surface area contributed by atoms with Gasteiger partial charge in [-0.25, -0.2) is 4.39 Å². The Morgan fingerprint density at radius 2 is 1.81 bits per heavy atom. The van der Waals surface area contributed by atoms with Gasteiger partial charge in [0.25, 0.3) is 0 Å². The summed E-state index contributed by atoms with van der Waals surface area (Å²) in [5.41, 5.74) is 3.17. The van der Waals surface area contributed by atoms with Gasteiger partial charge in [0, 0.05) is 36.6 Å². The lowest BCUT2D eigenvalue weighted by atomic mass is 9.99. The summed E-state index contributed by atoms with van der Waals surface area (Å²) in [6.45, 7) is 4.13. The maximum absolute atomic E-state index is 13.9. The van der Waals surface area contributed by atoms with E-state index in [1.807, 2.05) is 32.0 Å². The molecule has 1 aliphatic carbocycles. The van der Waals surface area contributed by atoms with Crippen LogP contribution in [-0.4, -0.2) is 22.6 Å². The van der Waals surface area contributed by atoms with E-state index in [-0.39, 0.29) is 42.9 Å². The van der Waals surface area contributed by atoms with E-state index in [0.717, 1.165) is 24.0 Å². The number of Topliss-reactive ketones (excluding diaryl/α,β-unsaturated/α-hetero) is 1. The van der Waals surface area contributed by atoms with Gasteiger partial charge in [-0.15, -0.1) is 0 Å². The average molecular weight is 353 g/mol. The third kappa shape index (κ3) is 4.37. The summed E-state index contributed by atoms with van der Waals surface area (Å²) in [5.74, 6) is -0.381. The number of nitrogens with zero attached hydrogens (tertiary/aromatic N) is 1. The van der Waals surface area contributed by atoms with Gasteiger partial charge < -0.3 is 4.90 Å². The first-order chi connectivity index (χ1) is 12.5. The quantitative estimate of drug-likeness (QED) is 0.683. The van der Waals surface area contributed by atoms with Crippen molar-refractivity contribution in [2.75, 3.05) is 0 Å². The molecule has 0 bridgehead atoms. The second-order valence-electron chi connectivity index (χ2n) is 7.09. The summed E-state index contributed by atoms with van der Waals surface area (Å²) in [6, 6.07) is 12.5. The molecule has 0 aliphatic heterocycles. The molecule has 136 valence electrons. The number of rotatable bonds is 7. The van der Waals surface area contributed by atoms with Crippen molar-refractivity contribution in [3.63, 3.8) is 0 Å². The molecule has 0 aromatic heterocycles. The van der Waals surface area contributed by atoms with Crippen LogP contribution < -0.4 is 0 Å². The lowest BCUT2D eigenvalue weighted by Gasteiger charge is -2.23. The van der Waals surface area contributed by atoms with Crippen LogP contribution in [0.5, 0.6) is 0 Å². The molecule has 0 heterocycles. The van der Waals surface area contributed by atoms with E-state index < -0.39 is 0 Å². The van der Waals surface area contributed by atoms with Crippen LogP contribution in [0.1, 0.15) is 52.7 Å². The zero-order valence-electron chi connectivity index (χ0n) is 15.3. The molecule has 0 unspecified atom stereocenters. The molecule has 1 fully saturated rings. The second kappa shape index (κ2) is 7.81. The third-order valence-electron chi connectivity index (χ3n) is 4.87. The molecule has 0 radical (unpaired) electrons. The van der Waals surface area contributed by atoms with Gasteiger partial charge >= 0.3 is 0 Å². The molecule has 0 spiro atoms.